The minimum Gasteiger partial charge on any atom is -0.370 e. The lowest BCUT2D eigenvalue weighted by Gasteiger charge is -2.37. The first-order chi connectivity index (χ1) is 21.5. The fraction of sp³-hybridized carbons (Fsp3) is 0.389. The van der Waals surface area contributed by atoms with Crippen LogP contribution in [0.25, 0.3) is 0 Å². The zero-order valence-electron chi connectivity index (χ0n) is 28.6. The number of guanidine groups is 4. The molecule has 246 valence electrons. The highest BCUT2D eigenvalue weighted by molar-refractivity contribution is 6.03. The summed E-state index contributed by atoms with van der Waals surface area (Å²) in [6, 6.07) is 22.0. The van der Waals surface area contributed by atoms with Crippen LogP contribution in [-0.2, 0) is 10.8 Å². The largest absolute Gasteiger partial charge is 0.370 e. The van der Waals surface area contributed by atoms with E-state index in [1.54, 1.807) is 9.80 Å². The third kappa shape index (κ3) is 8.65. The van der Waals surface area contributed by atoms with Crippen LogP contribution < -0.4 is 32.7 Å². The van der Waals surface area contributed by atoms with Gasteiger partial charge in [-0.2, -0.15) is 9.98 Å². The Kier molecular flexibility index (Phi) is 11.2. The van der Waals surface area contributed by atoms with Gasteiger partial charge in [0.15, 0.2) is 11.9 Å². The number of rotatable bonds is 10. The van der Waals surface area contributed by atoms with Gasteiger partial charge in [0.2, 0.25) is 11.9 Å². The van der Waals surface area contributed by atoms with Crippen LogP contribution in [0.3, 0.4) is 0 Å². The Balaban J connectivity index is 2.29. The van der Waals surface area contributed by atoms with E-state index in [4.69, 9.17) is 33.8 Å². The predicted octanol–water partition coefficient (Wildman–Crippen LogP) is 6.15. The molecule has 1 unspecified atom stereocenters. The Bertz CT molecular complexity index is 1560. The first kappa shape index (κ1) is 35.6. The Labute approximate surface area is 274 Å². The molecule has 3 aromatic carbocycles. The lowest BCUT2D eigenvalue weighted by Crippen LogP contribution is -2.44. The van der Waals surface area contributed by atoms with Crippen LogP contribution in [0.1, 0.15) is 88.2 Å². The van der Waals surface area contributed by atoms with E-state index in [0.717, 1.165) is 40.9 Å². The first-order valence-electron chi connectivity index (χ1n) is 15.7. The van der Waals surface area contributed by atoms with E-state index >= 15 is 0 Å². The average Bonchev–Trinajstić information content (AvgIpc) is 2.98. The second-order valence-electron chi connectivity index (χ2n) is 13.2. The number of benzene rings is 3. The Hall–Kier alpha value is -4.86. The monoisotopic (exact) mass is 624 g/mol. The van der Waals surface area contributed by atoms with Crippen LogP contribution in [0, 0.1) is 24.7 Å². The molecule has 0 aliphatic rings. The minimum atomic E-state index is -0.541. The van der Waals surface area contributed by atoms with Crippen LogP contribution in [0.5, 0.6) is 0 Å². The Morgan fingerprint density at radius 2 is 1.09 bits per heavy atom. The predicted molar refractivity (Wildman–Crippen MR) is 195 cm³/mol. The van der Waals surface area contributed by atoms with Crippen molar-refractivity contribution >= 4 is 35.2 Å². The standard InChI is InChI=1S/C36H52N10/c1-9-35(5,6)26-11-15-28(16-12-26)45(33(41)43-31(37)38)22-30(25-20-23(3)19-24(4)21-25)46(34(42)44-32(39)40)29-17-13-27(14-18-29)36(7,8)10-2/h11-21,30H,9-10,22H2,1-8H3,(H5,37,38,41,43)(H5,39,40,42,44). The van der Waals surface area contributed by atoms with Gasteiger partial charge in [0.25, 0.3) is 0 Å². The van der Waals surface area contributed by atoms with Crippen molar-refractivity contribution in [2.75, 3.05) is 16.3 Å². The first-order valence-corrected chi connectivity index (χ1v) is 15.7. The molecule has 0 aromatic heterocycles. The van der Waals surface area contributed by atoms with Crippen molar-refractivity contribution in [1.29, 1.82) is 10.8 Å². The maximum absolute atomic E-state index is 9.14. The van der Waals surface area contributed by atoms with Crippen molar-refractivity contribution in [2.24, 2.45) is 32.9 Å². The van der Waals surface area contributed by atoms with Crippen molar-refractivity contribution in [3.63, 3.8) is 0 Å². The number of hydrogen-bond donors (Lipinski definition) is 6. The highest BCUT2D eigenvalue weighted by Crippen LogP contribution is 2.35. The number of nitrogens with zero attached hydrogens (tertiary/aromatic N) is 4. The molecule has 10 heteroatoms. The molecular formula is C36H52N10. The van der Waals surface area contributed by atoms with Gasteiger partial charge in [-0.1, -0.05) is 95.1 Å². The molecule has 0 saturated heterocycles. The summed E-state index contributed by atoms with van der Waals surface area (Å²) in [5.41, 5.74) is 30.0. The second kappa shape index (κ2) is 14.5. The van der Waals surface area contributed by atoms with Crippen LogP contribution in [0.15, 0.2) is 76.7 Å². The number of hydrogen-bond acceptors (Lipinski definition) is 2. The lowest BCUT2D eigenvalue weighted by atomic mass is 9.82. The van der Waals surface area contributed by atoms with E-state index in [0.29, 0.717) is 0 Å². The van der Waals surface area contributed by atoms with Gasteiger partial charge in [0.1, 0.15) is 0 Å². The fourth-order valence-electron chi connectivity index (χ4n) is 5.41. The van der Waals surface area contributed by atoms with E-state index in [2.05, 4.69) is 94.0 Å². The zero-order chi connectivity index (χ0) is 34.4. The van der Waals surface area contributed by atoms with Crippen molar-refractivity contribution < 1.29 is 0 Å². The summed E-state index contributed by atoms with van der Waals surface area (Å²) in [7, 11) is 0. The van der Waals surface area contributed by atoms with Crippen molar-refractivity contribution in [3.8, 4) is 0 Å². The third-order valence-electron chi connectivity index (χ3n) is 8.91. The van der Waals surface area contributed by atoms with E-state index in [9.17, 15) is 0 Å². The van der Waals surface area contributed by atoms with Gasteiger partial charge in [0, 0.05) is 11.4 Å². The fourth-order valence-corrected chi connectivity index (χ4v) is 5.41. The summed E-state index contributed by atoms with van der Waals surface area (Å²) in [6.45, 7) is 17.4. The summed E-state index contributed by atoms with van der Waals surface area (Å²) in [5.74, 6) is -0.719. The third-order valence-corrected chi connectivity index (χ3v) is 8.91. The van der Waals surface area contributed by atoms with Gasteiger partial charge >= 0.3 is 0 Å². The molecule has 0 saturated carbocycles. The molecule has 0 spiro atoms. The van der Waals surface area contributed by atoms with Crippen LogP contribution in [0.2, 0.25) is 0 Å². The van der Waals surface area contributed by atoms with Gasteiger partial charge in [-0.15, -0.1) is 0 Å². The zero-order valence-corrected chi connectivity index (χ0v) is 28.6. The molecule has 0 fully saturated rings. The quantitative estimate of drug-likeness (QED) is 0.116. The molecule has 0 radical (unpaired) electrons. The molecule has 10 nitrogen and oxygen atoms in total. The summed E-state index contributed by atoms with van der Waals surface area (Å²) < 4.78 is 0. The van der Waals surface area contributed by atoms with E-state index in [1.807, 2.05) is 38.1 Å². The van der Waals surface area contributed by atoms with Crippen molar-refractivity contribution in [2.45, 2.75) is 85.1 Å². The maximum atomic E-state index is 9.14. The molecule has 0 amide bonds. The number of anilines is 2. The van der Waals surface area contributed by atoms with Crippen molar-refractivity contribution in [3.05, 3.63) is 94.5 Å². The molecule has 0 aliphatic heterocycles. The Morgan fingerprint density at radius 1 is 0.674 bits per heavy atom. The smallest absolute Gasteiger partial charge is 0.226 e. The summed E-state index contributed by atoms with van der Waals surface area (Å²) >= 11 is 0. The highest BCUT2D eigenvalue weighted by Gasteiger charge is 2.30. The van der Waals surface area contributed by atoms with Crippen molar-refractivity contribution in [1.82, 2.24) is 0 Å². The molecule has 10 N–H and O–H groups in total. The molecule has 0 heterocycles. The maximum Gasteiger partial charge on any atom is 0.226 e. The van der Waals surface area contributed by atoms with Gasteiger partial charge in [-0.25, -0.2) is 0 Å². The van der Waals surface area contributed by atoms with Crippen LogP contribution in [0.4, 0.5) is 11.4 Å². The molecule has 0 aliphatic carbocycles. The van der Waals surface area contributed by atoms with E-state index in [1.165, 1.54) is 11.1 Å². The van der Waals surface area contributed by atoms with Gasteiger partial charge in [0.05, 0.1) is 12.6 Å². The molecular weight excluding hydrogens is 572 g/mol. The molecule has 0 bridgehead atoms. The average molecular weight is 625 g/mol. The number of nitrogens with two attached hydrogens (primary N) is 4. The Morgan fingerprint density at radius 3 is 1.50 bits per heavy atom. The number of nitrogens with one attached hydrogen (secondary N) is 2. The number of aryl methyl sites for hydroxylation is 2. The molecule has 3 rings (SSSR count). The molecule has 3 aromatic rings. The van der Waals surface area contributed by atoms with Gasteiger partial charge < -0.3 is 32.7 Å². The molecule has 46 heavy (non-hydrogen) atoms. The van der Waals surface area contributed by atoms with E-state index in [-0.39, 0.29) is 41.2 Å². The summed E-state index contributed by atoms with van der Waals surface area (Å²) in [5, 5.41) is 18.1. The highest BCUT2D eigenvalue weighted by atomic mass is 15.3. The van der Waals surface area contributed by atoms with Gasteiger partial charge in [-0.3, -0.25) is 10.8 Å². The van der Waals surface area contributed by atoms with Gasteiger partial charge in [-0.05, 0) is 78.5 Å². The SMILES string of the molecule is CCC(C)(C)c1ccc(N(CC(c2cc(C)cc(C)c2)N(C(=N)N=C(N)N)c2ccc(C(C)(C)CC)cc2)C(=N)N=C(N)N)cc1. The number of aliphatic imine (C=N–C) groups is 2. The lowest BCUT2D eigenvalue weighted by molar-refractivity contribution is 0.506. The molecule has 1 atom stereocenters. The van der Waals surface area contributed by atoms with Crippen LogP contribution in [-0.4, -0.2) is 30.4 Å². The van der Waals surface area contributed by atoms with Crippen LogP contribution >= 0.6 is 0 Å². The second-order valence-corrected chi connectivity index (χ2v) is 13.2. The topological polar surface area (TPSA) is 183 Å². The summed E-state index contributed by atoms with van der Waals surface area (Å²) in [6.07, 6.45) is 1.95. The minimum absolute atomic E-state index is 0.0110. The summed E-state index contributed by atoms with van der Waals surface area (Å²) in [4.78, 5) is 11.9. The normalized spacial score (nSPS) is 12.2. The van der Waals surface area contributed by atoms with E-state index < -0.39 is 6.04 Å².